The Balaban J connectivity index is 1.57. The van der Waals surface area contributed by atoms with Crippen LogP contribution in [-0.2, 0) is 11.2 Å². The van der Waals surface area contributed by atoms with Crippen LogP contribution in [-0.4, -0.2) is 33.1 Å². The molecule has 0 aliphatic carbocycles. The number of nitrogens with zero attached hydrogens (tertiary/aromatic N) is 3. The van der Waals surface area contributed by atoms with Crippen LogP contribution >= 0.6 is 11.8 Å². The van der Waals surface area contributed by atoms with Crippen LogP contribution in [0, 0.1) is 0 Å². The average Bonchev–Trinajstić information content (AvgIpc) is 3.09. The van der Waals surface area contributed by atoms with Crippen LogP contribution in [0.5, 0.6) is 5.75 Å². The van der Waals surface area contributed by atoms with Crippen LogP contribution in [0.2, 0.25) is 0 Å². The van der Waals surface area contributed by atoms with Crippen LogP contribution in [0.4, 0.5) is 14.5 Å². The van der Waals surface area contributed by atoms with Crippen LogP contribution in [0.3, 0.4) is 0 Å². The van der Waals surface area contributed by atoms with E-state index in [0.717, 1.165) is 30.3 Å². The zero-order valence-corrected chi connectivity index (χ0v) is 17.0. The molecular weight excluding hydrogens is 412 g/mol. The highest BCUT2D eigenvalue weighted by Crippen LogP contribution is 2.24. The molecule has 3 aromatic rings. The van der Waals surface area contributed by atoms with Gasteiger partial charge in [0.2, 0.25) is 11.1 Å². The molecule has 0 fully saturated rings. The maximum absolute atomic E-state index is 12.2. The van der Waals surface area contributed by atoms with Gasteiger partial charge in [-0.1, -0.05) is 37.2 Å². The van der Waals surface area contributed by atoms with Crippen molar-refractivity contribution in [2.75, 3.05) is 16.9 Å². The van der Waals surface area contributed by atoms with E-state index in [1.54, 1.807) is 12.1 Å². The molecule has 0 saturated heterocycles. The smallest absolute Gasteiger partial charge is 0.387 e. The number of aromatic nitrogens is 3. The highest BCUT2D eigenvalue weighted by Gasteiger charge is 2.14. The van der Waals surface area contributed by atoms with E-state index in [-0.39, 0.29) is 17.4 Å². The van der Waals surface area contributed by atoms with Crippen molar-refractivity contribution in [2.24, 2.45) is 0 Å². The van der Waals surface area contributed by atoms with Crippen molar-refractivity contribution < 1.29 is 18.3 Å². The summed E-state index contributed by atoms with van der Waals surface area (Å²) in [6.45, 7) is -0.775. The van der Waals surface area contributed by atoms with Gasteiger partial charge in [-0.25, -0.2) is 4.68 Å². The van der Waals surface area contributed by atoms with Crippen molar-refractivity contribution in [2.45, 2.75) is 31.5 Å². The summed E-state index contributed by atoms with van der Waals surface area (Å²) >= 11 is 1.14. The molecule has 3 rings (SSSR count). The minimum absolute atomic E-state index is 0.0332. The van der Waals surface area contributed by atoms with Crippen LogP contribution < -0.4 is 15.9 Å². The Labute approximate surface area is 176 Å². The number of halogens is 2. The van der Waals surface area contributed by atoms with Crippen molar-refractivity contribution in [1.29, 1.82) is 0 Å². The second-order valence-electron chi connectivity index (χ2n) is 6.36. The van der Waals surface area contributed by atoms with Gasteiger partial charge in [0, 0.05) is 11.3 Å². The van der Waals surface area contributed by atoms with Gasteiger partial charge in [-0.05, 0) is 48.4 Å². The lowest BCUT2D eigenvalue weighted by Crippen LogP contribution is -2.16. The number of carbonyl (C=O) groups excluding carboxylic acids is 1. The largest absolute Gasteiger partial charge is 0.435 e. The molecule has 30 heavy (non-hydrogen) atoms. The van der Waals surface area contributed by atoms with E-state index in [1.165, 1.54) is 22.4 Å². The number of anilines is 1. The molecule has 1 aromatic heterocycles. The second kappa shape index (κ2) is 10.1. The number of benzene rings is 2. The zero-order valence-electron chi connectivity index (χ0n) is 16.2. The summed E-state index contributed by atoms with van der Waals surface area (Å²) in [5, 5.41) is 11.2. The van der Waals surface area contributed by atoms with Crippen LogP contribution in [0.25, 0.3) is 11.4 Å². The lowest BCUT2D eigenvalue weighted by Gasteiger charge is -2.07. The fourth-order valence-corrected chi connectivity index (χ4v) is 3.38. The highest BCUT2D eigenvalue weighted by atomic mass is 32.2. The molecule has 2 aromatic carbocycles. The summed E-state index contributed by atoms with van der Waals surface area (Å²) in [6, 6.07) is 13.6. The van der Waals surface area contributed by atoms with E-state index in [0.29, 0.717) is 16.5 Å². The number of nitrogens with one attached hydrogen (secondary N) is 1. The normalized spacial score (nSPS) is 10.9. The number of hydrogen-bond donors (Lipinski definition) is 2. The quantitative estimate of drug-likeness (QED) is 0.392. The Morgan fingerprint density at radius 3 is 2.50 bits per heavy atom. The van der Waals surface area contributed by atoms with Gasteiger partial charge in [-0.3, -0.25) is 4.79 Å². The van der Waals surface area contributed by atoms with Gasteiger partial charge in [0.1, 0.15) is 5.75 Å². The number of nitrogens with two attached hydrogens (primary N) is 1. The van der Waals surface area contributed by atoms with Gasteiger partial charge in [0.25, 0.3) is 0 Å². The first kappa shape index (κ1) is 21.6. The molecule has 3 N–H and O–H groups in total. The van der Waals surface area contributed by atoms with Crippen LogP contribution in [0.15, 0.2) is 53.7 Å². The Kier molecular flexibility index (Phi) is 7.23. The SMILES string of the molecule is CCCc1ccc(NC(=O)CSc2nnc(-c3ccc(OC(F)F)cc3)n2N)cc1. The van der Waals surface area contributed by atoms with E-state index in [1.807, 2.05) is 24.3 Å². The van der Waals surface area contributed by atoms with Crippen LogP contribution in [0.1, 0.15) is 18.9 Å². The summed E-state index contributed by atoms with van der Waals surface area (Å²) in [5.74, 6) is 6.31. The average molecular weight is 433 g/mol. The summed E-state index contributed by atoms with van der Waals surface area (Å²) < 4.78 is 30.1. The van der Waals surface area contributed by atoms with Crippen molar-refractivity contribution in [3.8, 4) is 17.1 Å². The molecule has 0 atom stereocenters. The molecule has 10 heteroatoms. The molecule has 0 radical (unpaired) electrons. The van der Waals surface area contributed by atoms with E-state index >= 15 is 0 Å². The number of hydrogen-bond acceptors (Lipinski definition) is 6. The molecule has 0 spiro atoms. The van der Waals surface area contributed by atoms with Crippen molar-refractivity contribution >= 4 is 23.4 Å². The summed E-state index contributed by atoms with van der Waals surface area (Å²) in [6.07, 6.45) is 2.07. The molecule has 0 bridgehead atoms. The Morgan fingerprint density at radius 2 is 1.87 bits per heavy atom. The molecule has 0 aliphatic heterocycles. The zero-order chi connectivity index (χ0) is 21.5. The summed E-state index contributed by atoms with van der Waals surface area (Å²) in [7, 11) is 0. The fraction of sp³-hybridized carbons (Fsp3) is 0.250. The predicted octanol–water partition coefficient (Wildman–Crippen LogP) is 3.94. The highest BCUT2D eigenvalue weighted by molar-refractivity contribution is 7.99. The van der Waals surface area contributed by atoms with Gasteiger partial charge in [0.05, 0.1) is 5.75 Å². The number of ether oxygens (including phenoxy) is 1. The number of thioether (sulfide) groups is 1. The fourth-order valence-electron chi connectivity index (χ4n) is 2.73. The maximum atomic E-state index is 12.2. The van der Waals surface area contributed by atoms with Gasteiger partial charge < -0.3 is 15.9 Å². The Bertz CT molecular complexity index is 978. The third kappa shape index (κ3) is 5.69. The minimum atomic E-state index is -2.89. The number of alkyl halides is 2. The van der Waals surface area contributed by atoms with Crippen molar-refractivity contribution in [3.05, 3.63) is 54.1 Å². The van der Waals surface area contributed by atoms with E-state index in [2.05, 4.69) is 27.2 Å². The molecule has 158 valence electrons. The van der Waals surface area contributed by atoms with Gasteiger partial charge >= 0.3 is 6.61 Å². The number of carbonyl (C=O) groups is 1. The lowest BCUT2D eigenvalue weighted by molar-refractivity contribution is -0.113. The van der Waals surface area contributed by atoms with Gasteiger partial charge in [-0.15, -0.1) is 10.2 Å². The first-order valence-corrected chi connectivity index (χ1v) is 10.2. The number of nitrogen functional groups attached to an aromatic ring is 1. The molecule has 7 nitrogen and oxygen atoms in total. The standard InChI is InChI=1S/C20H21F2N5O2S/c1-2-3-13-4-8-15(9-5-13)24-17(28)12-30-20-26-25-18(27(20)23)14-6-10-16(11-7-14)29-19(21)22/h4-11,19H,2-3,12,23H2,1H3,(H,24,28). The minimum Gasteiger partial charge on any atom is -0.435 e. The van der Waals surface area contributed by atoms with Crippen molar-refractivity contribution in [3.63, 3.8) is 0 Å². The Morgan fingerprint density at radius 1 is 1.17 bits per heavy atom. The second-order valence-corrected chi connectivity index (χ2v) is 7.31. The number of amides is 1. The lowest BCUT2D eigenvalue weighted by atomic mass is 10.1. The monoisotopic (exact) mass is 433 g/mol. The molecule has 0 unspecified atom stereocenters. The van der Waals surface area contributed by atoms with E-state index in [4.69, 9.17) is 5.84 Å². The third-order valence-corrected chi connectivity index (χ3v) is 5.05. The van der Waals surface area contributed by atoms with E-state index in [9.17, 15) is 13.6 Å². The first-order chi connectivity index (χ1) is 14.5. The van der Waals surface area contributed by atoms with E-state index < -0.39 is 6.61 Å². The van der Waals surface area contributed by atoms with Gasteiger partial charge in [-0.2, -0.15) is 8.78 Å². The summed E-state index contributed by atoms with van der Waals surface area (Å²) in [4.78, 5) is 12.2. The molecule has 1 heterocycles. The first-order valence-electron chi connectivity index (χ1n) is 9.23. The molecular formula is C20H21F2N5O2S. The topological polar surface area (TPSA) is 95.1 Å². The molecule has 1 amide bonds. The van der Waals surface area contributed by atoms with Crippen molar-refractivity contribution in [1.82, 2.24) is 14.9 Å². The Hall–Kier alpha value is -3.14. The predicted molar refractivity (Wildman–Crippen MR) is 112 cm³/mol. The molecule has 0 saturated carbocycles. The molecule has 0 aliphatic rings. The number of rotatable bonds is 9. The van der Waals surface area contributed by atoms with Gasteiger partial charge in [0.15, 0.2) is 5.82 Å². The number of aryl methyl sites for hydroxylation is 1. The third-order valence-electron chi connectivity index (χ3n) is 4.11. The summed E-state index contributed by atoms with van der Waals surface area (Å²) in [5.41, 5.74) is 2.53. The maximum Gasteiger partial charge on any atom is 0.387 e.